The monoisotopic (exact) mass is 339 g/mol. The van der Waals surface area contributed by atoms with E-state index in [1.54, 1.807) is 18.2 Å². The summed E-state index contributed by atoms with van der Waals surface area (Å²) < 4.78 is 35.6. The summed E-state index contributed by atoms with van der Waals surface area (Å²) in [7, 11) is -3.55. The number of aliphatic hydroxyl groups excluding tert-OH is 1. The highest BCUT2D eigenvalue weighted by Gasteiger charge is 2.48. The van der Waals surface area contributed by atoms with Crippen molar-refractivity contribution >= 4 is 32.8 Å². The number of aromatic nitrogens is 2. The van der Waals surface area contributed by atoms with Crippen LogP contribution in [0.2, 0.25) is 0 Å². The van der Waals surface area contributed by atoms with Crippen LogP contribution in [0, 0.1) is 5.41 Å². The number of sulfonamides is 1. The van der Waals surface area contributed by atoms with Gasteiger partial charge in [0, 0.05) is 13.1 Å². The van der Waals surface area contributed by atoms with Crippen molar-refractivity contribution in [3.8, 4) is 0 Å². The van der Waals surface area contributed by atoms with Gasteiger partial charge in [0.05, 0.1) is 17.8 Å². The van der Waals surface area contributed by atoms with E-state index in [0.717, 1.165) is 37.4 Å². The van der Waals surface area contributed by atoms with Crippen molar-refractivity contribution in [2.75, 3.05) is 13.1 Å². The van der Waals surface area contributed by atoms with E-state index < -0.39 is 10.0 Å². The van der Waals surface area contributed by atoms with Crippen LogP contribution in [0.4, 0.5) is 0 Å². The molecule has 6 nitrogen and oxygen atoms in total. The van der Waals surface area contributed by atoms with Gasteiger partial charge in [-0.2, -0.15) is 13.1 Å². The average Bonchev–Trinajstić information content (AvgIpc) is 3.01. The van der Waals surface area contributed by atoms with E-state index in [2.05, 4.69) is 8.75 Å². The largest absolute Gasteiger partial charge is 0.393 e. The first-order valence-electron chi connectivity index (χ1n) is 7.42. The Bertz CT molecular complexity index is 810. The van der Waals surface area contributed by atoms with Gasteiger partial charge >= 0.3 is 0 Å². The first-order valence-corrected chi connectivity index (χ1v) is 9.60. The molecule has 8 heteroatoms. The van der Waals surface area contributed by atoms with Gasteiger partial charge in [0.2, 0.25) is 10.0 Å². The van der Waals surface area contributed by atoms with Crippen LogP contribution in [0.25, 0.3) is 11.0 Å². The van der Waals surface area contributed by atoms with Crippen LogP contribution < -0.4 is 0 Å². The highest BCUT2D eigenvalue weighted by molar-refractivity contribution is 7.89. The molecular formula is C14H17N3O3S2. The minimum atomic E-state index is -3.55. The van der Waals surface area contributed by atoms with Crippen molar-refractivity contribution in [1.82, 2.24) is 13.1 Å². The van der Waals surface area contributed by atoms with Crippen LogP contribution >= 0.6 is 11.7 Å². The molecular weight excluding hydrogens is 322 g/mol. The normalized spacial score (nSPS) is 25.4. The fourth-order valence-corrected chi connectivity index (χ4v) is 5.76. The van der Waals surface area contributed by atoms with Gasteiger partial charge in [-0.3, -0.25) is 0 Å². The summed E-state index contributed by atoms with van der Waals surface area (Å²) in [4.78, 5) is 0.240. The standard InChI is InChI=1S/C14H17N3O3S2/c18-12-4-5-14(12)6-8-17(9-7-14)22(19,20)11-3-1-2-10-13(11)16-21-15-10/h1-3,12,18H,4-9H2. The Morgan fingerprint density at radius 3 is 2.64 bits per heavy atom. The molecule has 2 aliphatic rings. The van der Waals surface area contributed by atoms with Crippen LogP contribution in [0.1, 0.15) is 25.7 Å². The van der Waals surface area contributed by atoms with Crippen molar-refractivity contribution in [3.05, 3.63) is 18.2 Å². The first kappa shape index (κ1) is 14.5. The maximum atomic E-state index is 12.9. The lowest BCUT2D eigenvalue weighted by Gasteiger charge is -2.51. The van der Waals surface area contributed by atoms with E-state index in [-0.39, 0.29) is 16.4 Å². The Balaban J connectivity index is 1.63. The third kappa shape index (κ3) is 2.01. The molecule has 1 atom stereocenters. The minimum absolute atomic E-state index is 0.0415. The molecule has 4 rings (SSSR count). The lowest BCUT2D eigenvalue weighted by atomic mass is 9.61. The zero-order chi connectivity index (χ0) is 15.4. The van der Waals surface area contributed by atoms with Crippen molar-refractivity contribution in [2.24, 2.45) is 5.41 Å². The smallest absolute Gasteiger partial charge is 0.245 e. The zero-order valence-electron chi connectivity index (χ0n) is 12.0. The van der Waals surface area contributed by atoms with Crippen molar-refractivity contribution in [1.29, 1.82) is 0 Å². The van der Waals surface area contributed by atoms with Crippen LogP contribution in [0.5, 0.6) is 0 Å². The number of nitrogens with zero attached hydrogens (tertiary/aromatic N) is 3. The van der Waals surface area contributed by atoms with Gasteiger partial charge in [0.15, 0.2) is 0 Å². The number of aliphatic hydroxyl groups is 1. The van der Waals surface area contributed by atoms with Crippen LogP contribution in [-0.2, 0) is 10.0 Å². The molecule has 1 unspecified atom stereocenters. The molecule has 2 aromatic rings. The van der Waals surface area contributed by atoms with Crippen molar-refractivity contribution in [2.45, 2.75) is 36.7 Å². The van der Waals surface area contributed by atoms with Crippen molar-refractivity contribution in [3.63, 3.8) is 0 Å². The maximum Gasteiger partial charge on any atom is 0.245 e. The summed E-state index contributed by atoms with van der Waals surface area (Å²) >= 11 is 1.03. The SMILES string of the molecule is O=S(=O)(c1cccc2nsnc12)N1CCC2(CCC2O)CC1. The lowest BCUT2D eigenvalue weighted by Crippen LogP contribution is -2.53. The number of rotatable bonds is 2. The van der Waals surface area contributed by atoms with Crippen LogP contribution in [0.15, 0.2) is 23.1 Å². The molecule has 0 amide bonds. The fraction of sp³-hybridized carbons (Fsp3) is 0.571. The number of fused-ring (bicyclic) bond motifs is 1. The summed E-state index contributed by atoms with van der Waals surface area (Å²) in [6, 6.07) is 5.08. The topological polar surface area (TPSA) is 83.4 Å². The van der Waals surface area contributed by atoms with Crippen LogP contribution in [0.3, 0.4) is 0 Å². The number of benzene rings is 1. The van der Waals surface area contributed by atoms with E-state index in [9.17, 15) is 13.5 Å². The number of piperidine rings is 1. The second-order valence-electron chi connectivity index (χ2n) is 6.21. The molecule has 2 heterocycles. The average molecular weight is 339 g/mol. The summed E-state index contributed by atoms with van der Waals surface area (Å²) in [5.74, 6) is 0. The molecule has 1 aliphatic heterocycles. The summed E-state index contributed by atoms with van der Waals surface area (Å²) in [5, 5.41) is 9.96. The molecule has 0 radical (unpaired) electrons. The van der Waals surface area contributed by atoms with Crippen molar-refractivity contribution < 1.29 is 13.5 Å². The Hall–Kier alpha value is -1.09. The maximum absolute atomic E-state index is 12.9. The zero-order valence-corrected chi connectivity index (χ0v) is 13.6. The highest BCUT2D eigenvalue weighted by Crippen LogP contribution is 2.49. The Morgan fingerprint density at radius 2 is 2.00 bits per heavy atom. The molecule has 1 aliphatic carbocycles. The first-order chi connectivity index (χ1) is 10.5. The quantitative estimate of drug-likeness (QED) is 0.899. The van der Waals surface area contributed by atoms with E-state index in [0.29, 0.717) is 24.1 Å². The van der Waals surface area contributed by atoms with Gasteiger partial charge < -0.3 is 5.11 Å². The van der Waals surface area contributed by atoms with E-state index in [1.165, 1.54) is 4.31 Å². The molecule has 1 saturated carbocycles. The highest BCUT2D eigenvalue weighted by atomic mass is 32.2. The predicted octanol–water partition coefficient (Wildman–Crippen LogP) is 1.62. The van der Waals surface area contributed by atoms with Gasteiger partial charge in [0.25, 0.3) is 0 Å². The molecule has 1 saturated heterocycles. The molecule has 0 bridgehead atoms. The second kappa shape index (κ2) is 4.95. The van der Waals surface area contributed by atoms with E-state index in [1.807, 2.05) is 0 Å². The van der Waals surface area contributed by atoms with Crippen LogP contribution in [-0.4, -0.2) is 45.8 Å². The molecule has 1 spiro atoms. The second-order valence-corrected chi connectivity index (χ2v) is 8.64. The Kier molecular flexibility index (Phi) is 3.26. The molecule has 118 valence electrons. The Morgan fingerprint density at radius 1 is 1.23 bits per heavy atom. The minimum Gasteiger partial charge on any atom is -0.393 e. The molecule has 2 fully saturated rings. The molecule has 1 aromatic heterocycles. The summed E-state index contributed by atoms with van der Waals surface area (Å²) in [6.07, 6.45) is 3.06. The third-order valence-corrected chi connectivity index (χ3v) is 7.68. The molecule has 1 aromatic carbocycles. The lowest BCUT2D eigenvalue weighted by molar-refractivity contribution is -0.0911. The van der Waals surface area contributed by atoms with Gasteiger partial charge in [-0.1, -0.05) is 6.07 Å². The van der Waals surface area contributed by atoms with E-state index >= 15 is 0 Å². The summed E-state index contributed by atoms with van der Waals surface area (Å²) in [5.41, 5.74) is 1.03. The number of hydrogen-bond acceptors (Lipinski definition) is 6. The van der Waals surface area contributed by atoms with Gasteiger partial charge in [-0.15, -0.1) is 0 Å². The summed E-state index contributed by atoms with van der Waals surface area (Å²) in [6.45, 7) is 0.931. The van der Waals surface area contributed by atoms with E-state index in [4.69, 9.17) is 0 Å². The van der Waals surface area contributed by atoms with Gasteiger partial charge in [0.1, 0.15) is 15.9 Å². The van der Waals surface area contributed by atoms with Gasteiger partial charge in [-0.05, 0) is 43.2 Å². The third-order valence-electron chi connectivity index (χ3n) is 5.21. The Labute approximate surface area is 133 Å². The predicted molar refractivity (Wildman–Crippen MR) is 83.1 cm³/mol. The molecule has 22 heavy (non-hydrogen) atoms. The fourth-order valence-electron chi connectivity index (χ4n) is 3.57. The number of hydrogen-bond donors (Lipinski definition) is 1. The van der Waals surface area contributed by atoms with Gasteiger partial charge in [-0.25, -0.2) is 8.42 Å². The molecule has 1 N–H and O–H groups in total.